The Morgan fingerprint density at radius 2 is 1.78 bits per heavy atom. The van der Waals surface area contributed by atoms with Gasteiger partial charge in [0.1, 0.15) is 5.75 Å². The molecule has 0 spiro atoms. The molecule has 0 atom stereocenters. The second-order valence-electron chi connectivity index (χ2n) is 6.77. The van der Waals surface area contributed by atoms with Gasteiger partial charge in [-0.3, -0.25) is 9.78 Å². The molecule has 0 saturated carbocycles. The van der Waals surface area contributed by atoms with E-state index in [9.17, 15) is 9.59 Å². The summed E-state index contributed by atoms with van der Waals surface area (Å²) in [5, 5.41) is 0. The van der Waals surface area contributed by atoms with E-state index in [-0.39, 0.29) is 5.91 Å². The number of hydrogen-bond donors (Lipinski definition) is 0. The van der Waals surface area contributed by atoms with Crippen molar-refractivity contribution in [1.82, 2.24) is 4.98 Å². The normalized spacial score (nSPS) is 10.7. The average molecular weight is 495 g/mol. The SMILES string of the molecule is CCOC(=O)c1ccc(N(Cc2ccncc2)C(=O)/C=C/c2cc(Br)ccc2OC)cc1. The number of esters is 1. The van der Waals surface area contributed by atoms with Crippen LogP contribution in [0.1, 0.15) is 28.4 Å². The number of hydrogen-bond acceptors (Lipinski definition) is 5. The Balaban J connectivity index is 1.90. The number of methoxy groups -OCH3 is 1. The van der Waals surface area contributed by atoms with Gasteiger partial charge in [0.15, 0.2) is 0 Å². The summed E-state index contributed by atoms with van der Waals surface area (Å²) < 4.78 is 11.3. The molecule has 3 rings (SSSR count). The number of halogens is 1. The molecule has 0 aliphatic rings. The second-order valence-corrected chi connectivity index (χ2v) is 7.68. The zero-order valence-corrected chi connectivity index (χ0v) is 19.4. The van der Waals surface area contributed by atoms with Crippen LogP contribution in [0.5, 0.6) is 5.75 Å². The average Bonchev–Trinajstić information content (AvgIpc) is 2.82. The molecular formula is C25H23BrN2O4. The van der Waals surface area contributed by atoms with Crippen LogP contribution in [0.2, 0.25) is 0 Å². The fourth-order valence-electron chi connectivity index (χ4n) is 3.05. The van der Waals surface area contributed by atoms with Gasteiger partial charge in [0.05, 0.1) is 25.8 Å². The number of nitrogens with zero attached hydrogens (tertiary/aromatic N) is 2. The van der Waals surface area contributed by atoms with Crippen LogP contribution in [0, 0.1) is 0 Å². The van der Waals surface area contributed by atoms with E-state index >= 15 is 0 Å². The summed E-state index contributed by atoms with van der Waals surface area (Å²) in [5.74, 6) is 0.0529. The molecule has 3 aromatic rings. The highest BCUT2D eigenvalue weighted by atomic mass is 79.9. The number of anilines is 1. The van der Waals surface area contributed by atoms with Crippen LogP contribution < -0.4 is 9.64 Å². The lowest BCUT2D eigenvalue weighted by atomic mass is 10.1. The Morgan fingerprint density at radius 1 is 1.06 bits per heavy atom. The largest absolute Gasteiger partial charge is 0.496 e. The molecule has 1 amide bonds. The van der Waals surface area contributed by atoms with Crippen molar-refractivity contribution < 1.29 is 19.1 Å². The molecule has 1 heterocycles. The monoisotopic (exact) mass is 494 g/mol. The van der Waals surface area contributed by atoms with E-state index in [0.717, 1.165) is 15.6 Å². The first-order valence-corrected chi connectivity index (χ1v) is 10.8. The summed E-state index contributed by atoms with van der Waals surface area (Å²) in [6.07, 6.45) is 6.59. The Morgan fingerprint density at radius 3 is 2.44 bits per heavy atom. The molecule has 0 radical (unpaired) electrons. The van der Waals surface area contributed by atoms with Crippen LogP contribution >= 0.6 is 15.9 Å². The lowest BCUT2D eigenvalue weighted by molar-refractivity contribution is -0.114. The van der Waals surface area contributed by atoms with Gasteiger partial charge in [0.25, 0.3) is 5.91 Å². The Hall–Kier alpha value is -3.45. The lowest BCUT2D eigenvalue weighted by Gasteiger charge is -2.22. The predicted molar refractivity (Wildman–Crippen MR) is 128 cm³/mol. The number of carbonyl (C=O) groups excluding carboxylic acids is 2. The van der Waals surface area contributed by atoms with Crippen LogP contribution in [0.3, 0.4) is 0 Å². The predicted octanol–water partition coefficient (Wildman–Crippen LogP) is 5.28. The molecule has 0 fully saturated rings. The third kappa shape index (κ3) is 6.04. The number of rotatable bonds is 8. The lowest BCUT2D eigenvalue weighted by Crippen LogP contribution is -2.28. The van der Waals surface area contributed by atoms with Crippen LogP contribution in [0.4, 0.5) is 5.69 Å². The van der Waals surface area contributed by atoms with Crippen LogP contribution in [0.25, 0.3) is 6.08 Å². The van der Waals surface area contributed by atoms with E-state index < -0.39 is 5.97 Å². The Bertz CT molecular complexity index is 1100. The zero-order chi connectivity index (χ0) is 22.9. The van der Waals surface area contributed by atoms with Gasteiger partial charge in [-0.1, -0.05) is 15.9 Å². The van der Waals surface area contributed by atoms with E-state index in [4.69, 9.17) is 9.47 Å². The fraction of sp³-hybridized carbons (Fsp3) is 0.160. The van der Waals surface area contributed by atoms with E-state index in [1.165, 1.54) is 6.08 Å². The number of amides is 1. The topological polar surface area (TPSA) is 68.7 Å². The number of pyridine rings is 1. The minimum absolute atomic E-state index is 0.215. The molecule has 6 nitrogen and oxygen atoms in total. The molecule has 2 aromatic carbocycles. The molecule has 1 aromatic heterocycles. The second kappa shape index (κ2) is 11.2. The van der Waals surface area contributed by atoms with Crippen molar-refractivity contribution in [3.05, 3.63) is 94.2 Å². The van der Waals surface area contributed by atoms with Crippen molar-refractivity contribution in [3.8, 4) is 5.75 Å². The maximum Gasteiger partial charge on any atom is 0.338 e. The molecule has 32 heavy (non-hydrogen) atoms. The molecular weight excluding hydrogens is 472 g/mol. The summed E-state index contributed by atoms with van der Waals surface area (Å²) in [6, 6.07) is 16.1. The smallest absolute Gasteiger partial charge is 0.338 e. The summed E-state index contributed by atoms with van der Waals surface area (Å²) >= 11 is 3.44. The minimum Gasteiger partial charge on any atom is -0.496 e. The molecule has 0 saturated heterocycles. The summed E-state index contributed by atoms with van der Waals surface area (Å²) in [5.41, 5.74) is 2.79. The van der Waals surface area contributed by atoms with Crippen molar-refractivity contribution in [1.29, 1.82) is 0 Å². The standard InChI is InChI=1S/C25H23BrN2O4/c1-3-32-25(30)19-4-8-22(9-5-19)28(17-18-12-14-27-15-13-18)24(29)11-6-20-16-21(26)7-10-23(20)31-2/h4-16H,3,17H2,1-2H3/b11-6+. The first kappa shape index (κ1) is 23.2. The molecule has 0 aliphatic carbocycles. The maximum atomic E-state index is 13.2. The van der Waals surface area contributed by atoms with Crippen molar-refractivity contribution in [2.75, 3.05) is 18.6 Å². The van der Waals surface area contributed by atoms with E-state index in [2.05, 4.69) is 20.9 Å². The highest BCUT2D eigenvalue weighted by molar-refractivity contribution is 9.10. The van der Waals surface area contributed by atoms with Gasteiger partial charge in [-0.25, -0.2) is 4.79 Å². The third-order valence-corrected chi connectivity index (χ3v) is 5.14. The van der Waals surface area contributed by atoms with Gasteiger partial charge in [-0.2, -0.15) is 0 Å². The van der Waals surface area contributed by atoms with Gasteiger partial charge in [-0.05, 0) is 73.2 Å². The van der Waals surface area contributed by atoms with Gasteiger partial charge < -0.3 is 14.4 Å². The van der Waals surface area contributed by atoms with Crippen LogP contribution in [-0.2, 0) is 16.1 Å². The van der Waals surface area contributed by atoms with Crippen molar-refractivity contribution in [2.24, 2.45) is 0 Å². The molecule has 7 heteroatoms. The first-order chi connectivity index (χ1) is 15.5. The number of aromatic nitrogens is 1. The zero-order valence-electron chi connectivity index (χ0n) is 17.8. The summed E-state index contributed by atoms with van der Waals surface area (Å²) in [7, 11) is 1.59. The number of carbonyl (C=O) groups is 2. The van der Waals surface area contributed by atoms with Crippen molar-refractivity contribution >= 4 is 39.6 Å². The van der Waals surface area contributed by atoms with Gasteiger partial charge >= 0.3 is 5.97 Å². The van der Waals surface area contributed by atoms with Crippen LogP contribution in [-0.4, -0.2) is 30.6 Å². The van der Waals surface area contributed by atoms with Crippen LogP contribution in [0.15, 0.2) is 77.5 Å². The molecule has 0 N–H and O–H groups in total. The van der Waals surface area contributed by atoms with Crippen molar-refractivity contribution in [2.45, 2.75) is 13.5 Å². The highest BCUT2D eigenvalue weighted by Crippen LogP contribution is 2.25. The van der Waals surface area contributed by atoms with E-state index in [1.54, 1.807) is 61.7 Å². The molecule has 0 aliphatic heterocycles. The fourth-order valence-corrected chi connectivity index (χ4v) is 3.42. The van der Waals surface area contributed by atoms with E-state index in [0.29, 0.717) is 30.2 Å². The molecule has 164 valence electrons. The molecule has 0 unspecified atom stereocenters. The quantitative estimate of drug-likeness (QED) is 0.315. The first-order valence-electron chi connectivity index (χ1n) is 10.0. The van der Waals surface area contributed by atoms with E-state index in [1.807, 2.05) is 30.3 Å². The number of benzene rings is 2. The molecule has 0 bridgehead atoms. The number of ether oxygens (including phenoxy) is 2. The third-order valence-electron chi connectivity index (χ3n) is 4.64. The van der Waals surface area contributed by atoms with Crippen molar-refractivity contribution in [3.63, 3.8) is 0 Å². The Kier molecular flexibility index (Phi) is 8.16. The highest BCUT2D eigenvalue weighted by Gasteiger charge is 2.16. The van der Waals surface area contributed by atoms with Gasteiger partial charge in [-0.15, -0.1) is 0 Å². The summed E-state index contributed by atoms with van der Waals surface area (Å²) in [4.78, 5) is 30.8. The van der Waals surface area contributed by atoms with Gasteiger partial charge in [0, 0.05) is 34.2 Å². The Labute approximate surface area is 195 Å². The maximum absolute atomic E-state index is 13.2. The minimum atomic E-state index is -0.396. The van der Waals surface area contributed by atoms with Gasteiger partial charge in [0.2, 0.25) is 0 Å². The summed E-state index contributed by atoms with van der Waals surface area (Å²) in [6.45, 7) is 2.41.